The number of pyridine rings is 1. The van der Waals surface area contributed by atoms with E-state index in [1.54, 1.807) is 7.11 Å². The molecule has 25 heavy (non-hydrogen) atoms. The SMILES string of the molecule is CCc1c(C)nc(C)nc1N[C@H](c1ccc(OC)nc1)C1CC(O)C1. The minimum Gasteiger partial charge on any atom is -0.481 e. The third-order valence-electron chi connectivity index (χ3n) is 4.92. The smallest absolute Gasteiger partial charge is 0.212 e. The van der Waals surface area contributed by atoms with E-state index in [-0.39, 0.29) is 12.1 Å². The molecule has 2 N–H and O–H groups in total. The van der Waals surface area contributed by atoms with E-state index in [9.17, 15) is 5.11 Å². The largest absolute Gasteiger partial charge is 0.481 e. The van der Waals surface area contributed by atoms with Crippen molar-refractivity contribution in [1.82, 2.24) is 15.0 Å². The van der Waals surface area contributed by atoms with Crippen molar-refractivity contribution in [3.63, 3.8) is 0 Å². The summed E-state index contributed by atoms with van der Waals surface area (Å²) in [5.41, 5.74) is 3.23. The monoisotopic (exact) mass is 342 g/mol. The van der Waals surface area contributed by atoms with Crippen LogP contribution in [-0.4, -0.2) is 33.3 Å². The van der Waals surface area contributed by atoms with Crippen LogP contribution in [0.4, 0.5) is 5.82 Å². The van der Waals surface area contributed by atoms with Crippen molar-refractivity contribution in [3.8, 4) is 5.88 Å². The standard InChI is InChI=1S/C19H26N4O2/c1-5-16-11(2)21-12(3)22-19(16)23-18(14-8-15(24)9-14)13-6-7-17(25-4)20-10-13/h6-7,10,14-15,18,24H,5,8-9H2,1-4H3,(H,21,22,23)/t14?,15?,18-/m1/s1. The van der Waals surface area contributed by atoms with Gasteiger partial charge in [0.15, 0.2) is 0 Å². The highest BCUT2D eigenvalue weighted by atomic mass is 16.5. The summed E-state index contributed by atoms with van der Waals surface area (Å²) in [5, 5.41) is 13.4. The van der Waals surface area contributed by atoms with E-state index in [2.05, 4.69) is 27.2 Å². The van der Waals surface area contributed by atoms with Crippen LogP contribution in [0.25, 0.3) is 0 Å². The molecule has 6 heteroatoms. The van der Waals surface area contributed by atoms with Gasteiger partial charge in [0.2, 0.25) is 5.88 Å². The number of ether oxygens (including phenoxy) is 1. The molecule has 1 aliphatic rings. The second-order valence-electron chi connectivity index (χ2n) is 6.68. The van der Waals surface area contributed by atoms with Crippen LogP contribution in [0.2, 0.25) is 0 Å². The van der Waals surface area contributed by atoms with Crippen LogP contribution in [-0.2, 0) is 6.42 Å². The zero-order valence-corrected chi connectivity index (χ0v) is 15.3. The van der Waals surface area contributed by atoms with Gasteiger partial charge in [-0.05, 0) is 44.6 Å². The molecule has 0 spiro atoms. The van der Waals surface area contributed by atoms with E-state index in [0.29, 0.717) is 11.8 Å². The lowest BCUT2D eigenvalue weighted by Gasteiger charge is -2.38. The molecule has 2 aromatic rings. The predicted octanol–water partition coefficient (Wildman–Crippen LogP) is 2.98. The maximum atomic E-state index is 9.76. The average molecular weight is 342 g/mol. The van der Waals surface area contributed by atoms with E-state index in [1.165, 1.54) is 0 Å². The molecular weight excluding hydrogens is 316 g/mol. The van der Waals surface area contributed by atoms with Gasteiger partial charge in [0, 0.05) is 23.5 Å². The molecule has 1 aliphatic carbocycles. The normalized spacial score (nSPS) is 20.7. The number of anilines is 1. The molecule has 0 bridgehead atoms. The Morgan fingerprint density at radius 3 is 2.60 bits per heavy atom. The molecule has 2 aromatic heterocycles. The molecule has 1 atom stereocenters. The molecule has 1 fully saturated rings. The summed E-state index contributed by atoms with van der Waals surface area (Å²) < 4.78 is 5.16. The number of nitrogens with one attached hydrogen (secondary N) is 1. The van der Waals surface area contributed by atoms with Crippen LogP contribution < -0.4 is 10.1 Å². The van der Waals surface area contributed by atoms with Crippen molar-refractivity contribution in [2.24, 2.45) is 5.92 Å². The van der Waals surface area contributed by atoms with Crippen molar-refractivity contribution in [2.45, 2.75) is 52.2 Å². The summed E-state index contributed by atoms with van der Waals surface area (Å²) in [6.45, 7) is 6.05. The van der Waals surface area contributed by atoms with E-state index in [4.69, 9.17) is 4.74 Å². The Balaban J connectivity index is 1.93. The first-order valence-corrected chi connectivity index (χ1v) is 8.80. The van der Waals surface area contributed by atoms with Gasteiger partial charge in [-0.1, -0.05) is 13.0 Å². The van der Waals surface area contributed by atoms with Crippen LogP contribution in [0.1, 0.15) is 48.5 Å². The number of hydrogen-bond donors (Lipinski definition) is 2. The Hall–Kier alpha value is -2.21. The molecule has 0 saturated heterocycles. The lowest BCUT2D eigenvalue weighted by atomic mass is 9.75. The van der Waals surface area contributed by atoms with Crippen LogP contribution >= 0.6 is 0 Å². The Morgan fingerprint density at radius 1 is 1.28 bits per heavy atom. The second-order valence-corrected chi connectivity index (χ2v) is 6.68. The molecule has 3 rings (SSSR count). The van der Waals surface area contributed by atoms with Gasteiger partial charge in [0.25, 0.3) is 0 Å². The zero-order chi connectivity index (χ0) is 18.0. The molecule has 0 aliphatic heterocycles. The van der Waals surface area contributed by atoms with Crippen molar-refractivity contribution in [1.29, 1.82) is 0 Å². The number of nitrogens with zero attached hydrogens (tertiary/aromatic N) is 3. The van der Waals surface area contributed by atoms with Crippen LogP contribution in [0.5, 0.6) is 5.88 Å². The van der Waals surface area contributed by atoms with Crippen molar-refractivity contribution < 1.29 is 9.84 Å². The number of rotatable bonds is 6. The van der Waals surface area contributed by atoms with Gasteiger partial charge in [-0.15, -0.1) is 0 Å². The third-order valence-corrected chi connectivity index (χ3v) is 4.92. The molecule has 0 aromatic carbocycles. The number of aryl methyl sites for hydroxylation is 2. The van der Waals surface area contributed by atoms with Gasteiger partial charge in [-0.3, -0.25) is 0 Å². The first kappa shape index (κ1) is 17.6. The fourth-order valence-corrected chi connectivity index (χ4v) is 3.50. The Bertz CT molecular complexity index is 727. The quantitative estimate of drug-likeness (QED) is 0.840. The number of aromatic nitrogens is 3. The summed E-state index contributed by atoms with van der Waals surface area (Å²) in [7, 11) is 1.61. The molecular formula is C19H26N4O2. The first-order chi connectivity index (χ1) is 12.0. The van der Waals surface area contributed by atoms with E-state index in [0.717, 1.165) is 47.7 Å². The van der Waals surface area contributed by atoms with E-state index < -0.39 is 0 Å². The lowest BCUT2D eigenvalue weighted by Crippen LogP contribution is -2.36. The average Bonchev–Trinajstić information content (AvgIpc) is 2.57. The first-order valence-electron chi connectivity index (χ1n) is 8.80. The fourth-order valence-electron chi connectivity index (χ4n) is 3.50. The van der Waals surface area contributed by atoms with E-state index in [1.807, 2.05) is 32.2 Å². The number of aliphatic hydroxyl groups excluding tert-OH is 1. The Kier molecular flexibility index (Phi) is 5.18. The van der Waals surface area contributed by atoms with Gasteiger partial charge in [-0.25, -0.2) is 15.0 Å². The highest BCUT2D eigenvalue weighted by Gasteiger charge is 2.35. The molecule has 0 unspecified atom stereocenters. The topological polar surface area (TPSA) is 80.2 Å². The van der Waals surface area contributed by atoms with Gasteiger partial charge >= 0.3 is 0 Å². The van der Waals surface area contributed by atoms with E-state index >= 15 is 0 Å². The van der Waals surface area contributed by atoms with Crippen molar-refractivity contribution >= 4 is 5.82 Å². The highest BCUT2D eigenvalue weighted by molar-refractivity contribution is 5.48. The summed E-state index contributed by atoms with van der Waals surface area (Å²) in [6, 6.07) is 3.96. The van der Waals surface area contributed by atoms with Gasteiger partial charge in [0.05, 0.1) is 19.3 Å². The van der Waals surface area contributed by atoms with Crippen molar-refractivity contribution in [2.75, 3.05) is 12.4 Å². The molecule has 2 heterocycles. The summed E-state index contributed by atoms with van der Waals surface area (Å²) in [4.78, 5) is 13.5. The Morgan fingerprint density at radius 2 is 2.04 bits per heavy atom. The van der Waals surface area contributed by atoms with Crippen LogP contribution in [0.15, 0.2) is 18.3 Å². The lowest BCUT2D eigenvalue weighted by molar-refractivity contribution is 0.0338. The van der Waals surface area contributed by atoms with Crippen LogP contribution in [0, 0.1) is 19.8 Å². The van der Waals surface area contributed by atoms with Crippen molar-refractivity contribution in [3.05, 3.63) is 41.0 Å². The molecule has 1 saturated carbocycles. The van der Waals surface area contributed by atoms with Gasteiger partial charge in [0.1, 0.15) is 11.6 Å². The number of methoxy groups -OCH3 is 1. The predicted molar refractivity (Wildman–Crippen MR) is 96.8 cm³/mol. The second kappa shape index (κ2) is 7.35. The summed E-state index contributed by atoms with van der Waals surface area (Å²) in [5.74, 6) is 2.59. The minimum atomic E-state index is -0.208. The minimum absolute atomic E-state index is 0.0563. The maximum Gasteiger partial charge on any atom is 0.212 e. The van der Waals surface area contributed by atoms with Crippen LogP contribution in [0.3, 0.4) is 0 Å². The molecule has 0 radical (unpaired) electrons. The molecule has 134 valence electrons. The van der Waals surface area contributed by atoms with Gasteiger partial charge in [-0.2, -0.15) is 0 Å². The zero-order valence-electron chi connectivity index (χ0n) is 15.3. The number of hydrogen-bond acceptors (Lipinski definition) is 6. The third kappa shape index (κ3) is 3.74. The number of aliphatic hydroxyl groups is 1. The molecule has 6 nitrogen and oxygen atoms in total. The summed E-state index contributed by atoms with van der Waals surface area (Å²) >= 11 is 0. The van der Waals surface area contributed by atoms with Gasteiger partial charge < -0.3 is 15.2 Å². The molecule has 0 amide bonds. The Labute approximate surface area is 148 Å². The summed E-state index contributed by atoms with van der Waals surface area (Å²) in [6.07, 6.45) is 4.07. The fraction of sp³-hybridized carbons (Fsp3) is 0.526. The maximum absolute atomic E-state index is 9.76. The highest BCUT2D eigenvalue weighted by Crippen LogP contribution is 2.40.